The van der Waals surface area contributed by atoms with Gasteiger partial charge in [-0.05, 0) is 83.5 Å². The maximum Gasteiger partial charge on any atom is 0.407 e. The standard InChI is InChI=1S/C47H55N9O8S/c1-28(2)40(54-46(60)64-5)44(58)56-27-47(17-18-47)24-39(56)42-50-26-38(52-42)35-15-14-33-22-32(12-13-34(33)23-35)30-8-10-31(11-9-30)37-25-49-41(51-37)29(3)55(20-7-19-48)43(57)36(53-45(59)63-4)16-21-65(6,61)62/h8-15,22-23,25-26,28-29,36,39-40H,7,16-18,20-21,24,27H2,1-6H3,(H,49,51)(H,50,52)(H,53,59)(H,54,60)/t29-,36-,39-,40-/m0/s1. The van der Waals surface area contributed by atoms with Crippen molar-refractivity contribution < 1.29 is 37.1 Å². The van der Waals surface area contributed by atoms with E-state index >= 15 is 0 Å². The van der Waals surface area contributed by atoms with Crippen LogP contribution >= 0.6 is 0 Å². The molecule has 0 unspecified atom stereocenters. The molecule has 18 heteroatoms. The average molecular weight is 906 g/mol. The molecule has 1 saturated carbocycles. The number of likely N-dealkylation sites (tertiary alicyclic amines) is 1. The molecule has 2 fully saturated rings. The zero-order valence-corrected chi connectivity index (χ0v) is 38.2. The number of sulfone groups is 1. The first kappa shape index (κ1) is 46.3. The van der Waals surface area contributed by atoms with E-state index in [1.54, 1.807) is 13.1 Å². The Labute approximate surface area is 378 Å². The predicted octanol–water partition coefficient (Wildman–Crippen LogP) is 6.68. The maximum atomic E-state index is 13.9. The van der Waals surface area contributed by atoms with Crippen LogP contribution < -0.4 is 10.6 Å². The number of hydrogen-bond donors (Lipinski definition) is 4. The van der Waals surface area contributed by atoms with Crippen LogP contribution in [-0.4, -0.2) is 114 Å². The van der Waals surface area contributed by atoms with E-state index in [0.29, 0.717) is 18.1 Å². The van der Waals surface area contributed by atoms with E-state index in [1.807, 2.05) is 55.3 Å². The van der Waals surface area contributed by atoms with E-state index in [1.165, 1.54) is 12.0 Å². The van der Waals surface area contributed by atoms with Gasteiger partial charge in [0.05, 0.1) is 68.3 Å². The number of fused-ring (bicyclic) bond motifs is 1. The summed E-state index contributed by atoms with van der Waals surface area (Å²) < 4.78 is 33.3. The van der Waals surface area contributed by atoms with Gasteiger partial charge < -0.3 is 39.9 Å². The molecule has 3 aromatic carbocycles. The third-order valence-corrected chi connectivity index (χ3v) is 13.5. The Kier molecular flexibility index (Phi) is 13.6. The highest BCUT2D eigenvalue weighted by atomic mass is 32.2. The number of carbonyl (C=O) groups excluding carboxylic acids is 4. The van der Waals surface area contributed by atoms with Crippen LogP contribution in [-0.2, 0) is 28.9 Å². The Morgan fingerprint density at radius 1 is 0.877 bits per heavy atom. The maximum absolute atomic E-state index is 13.9. The zero-order valence-electron chi connectivity index (χ0n) is 37.4. The van der Waals surface area contributed by atoms with E-state index in [2.05, 4.69) is 66.7 Å². The molecular weight excluding hydrogens is 851 g/mol. The second-order valence-corrected chi connectivity index (χ2v) is 19.7. The third-order valence-electron chi connectivity index (χ3n) is 12.5. The summed E-state index contributed by atoms with van der Waals surface area (Å²) in [5.41, 5.74) is 5.50. The molecule has 5 aromatic rings. The van der Waals surface area contributed by atoms with Crippen molar-refractivity contribution in [2.24, 2.45) is 11.3 Å². The molecule has 3 heterocycles. The number of nitrogens with one attached hydrogen (secondary N) is 4. The van der Waals surface area contributed by atoms with Crippen LogP contribution in [0.1, 0.15) is 76.6 Å². The molecule has 1 aliphatic carbocycles. The zero-order chi connectivity index (χ0) is 46.6. The number of amides is 4. The SMILES string of the molecule is COC(=O)N[C@@H](CCS(C)(=O)=O)C(=O)N(CCC#N)[C@@H](C)c1ncc(-c2ccc(-c3ccc4cc(-c5cnc([C@@H]6CC7(CC7)CN6C(=O)[C@@H](NC(=O)OC)C(C)C)[nH]5)ccc4c3)cc2)[nH]1. The van der Waals surface area contributed by atoms with Gasteiger partial charge in [0.1, 0.15) is 33.6 Å². The highest BCUT2D eigenvalue weighted by molar-refractivity contribution is 7.90. The van der Waals surface area contributed by atoms with Gasteiger partial charge in [-0.15, -0.1) is 0 Å². The Morgan fingerprint density at radius 3 is 2.11 bits per heavy atom. The molecule has 17 nitrogen and oxygen atoms in total. The molecule has 1 spiro atoms. The Morgan fingerprint density at radius 2 is 1.48 bits per heavy atom. The number of nitriles is 1. The highest BCUT2D eigenvalue weighted by Crippen LogP contribution is 2.58. The van der Waals surface area contributed by atoms with Crippen LogP contribution in [0.2, 0.25) is 0 Å². The van der Waals surface area contributed by atoms with E-state index < -0.39 is 46.1 Å². The van der Waals surface area contributed by atoms with Gasteiger partial charge in [0, 0.05) is 24.9 Å². The molecule has 342 valence electrons. The number of carbonyl (C=O) groups is 4. The van der Waals surface area contributed by atoms with Crippen LogP contribution in [0.5, 0.6) is 0 Å². The summed E-state index contributed by atoms with van der Waals surface area (Å²) in [6.07, 6.45) is 5.81. The Hall–Kier alpha value is -6.74. The molecule has 0 bridgehead atoms. The normalized spacial score (nSPS) is 16.7. The van der Waals surface area contributed by atoms with Crippen molar-refractivity contribution in [1.29, 1.82) is 5.26 Å². The van der Waals surface area contributed by atoms with E-state index in [9.17, 15) is 32.9 Å². The van der Waals surface area contributed by atoms with E-state index in [0.717, 1.165) is 77.2 Å². The van der Waals surface area contributed by atoms with Crippen molar-refractivity contribution >= 4 is 44.6 Å². The van der Waals surface area contributed by atoms with Crippen molar-refractivity contribution in [3.8, 4) is 39.7 Å². The first-order valence-corrected chi connectivity index (χ1v) is 23.7. The smallest absolute Gasteiger partial charge is 0.407 e. The second-order valence-electron chi connectivity index (χ2n) is 17.5. The first-order valence-electron chi connectivity index (χ1n) is 21.6. The minimum absolute atomic E-state index is 0.00717. The molecule has 7 rings (SSSR count). The van der Waals surface area contributed by atoms with Gasteiger partial charge in [0.2, 0.25) is 11.8 Å². The number of alkyl carbamates (subject to hydrolysis) is 2. The lowest BCUT2D eigenvalue weighted by molar-refractivity contribution is -0.136. The number of imidazole rings is 2. The summed E-state index contributed by atoms with van der Waals surface area (Å²) in [5.74, 6) is 0.0163. The topological polar surface area (TPSA) is 233 Å². The number of ether oxygens (including phenoxy) is 2. The van der Waals surface area contributed by atoms with Gasteiger partial charge in [-0.25, -0.2) is 28.0 Å². The summed E-state index contributed by atoms with van der Waals surface area (Å²) in [5, 5.41) is 16.6. The lowest BCUT2D eigenvalue weighted by Crippen LogP contribution is -2.51. The van der Waals surface area contributed by atoms with Crippen LogP contribution in [0.15, 0.2) is 73.1 Å². The number of nitrogens with zero attached hydrogens (tertiary/aromatic N) is 5. The van der Waals surface area contributed by atoms with Crippen molar-refractivity contribution in [3.63, 3.8) is 0 Å². The summed E-state index contributed by atoms with van der Waals surface area (Å²) in [6.45, 7) is 6.22. The number of H-pyrrole nitrogens is 2. The molecule has 4 amide bonds. The van der Waals surface area contributed by atoms with Crippen molar-refractivity contribution in [2.45, 2.75) is 77.0 Å². The first-order chi connectivity index (χ1) is 31.0. The lowest BCUT2D eigenvalue weighted by atomic mass is 9.98. The minimum atomic E-state index is -3.45. The van der Waals surface area contributed by atoms with Crippen molar-refractivity contribution in [3.05, 3.63) is 84.7 Å². The number of rotatable bonds is 16. The monoisotopic (exact) mass is 905 g/mol. The molecule has 2 aliphatic rings. The van der Waals surface area contributed by atoms with Gasteiger partial charge in [0.25, 0.3) is 0 Å². The van der Waals surface area contributed by atoms with Crippen molar-refractivity contribution in [2.75, 3.05) is 39.3 Å². The van der Waals surface area contributed by atoms with Crippen LogP contribution in [0.4, 0.5) is 9.59 Å². The largest absolute Gasteiger partial charge is 0.453 e. The third kappa shape index (κ3) is 10.6. The molecule has 2 aromatic heterocycles. The molecule has 4 N–H and O–H groups in total. The van der Waals surface area contributed by atoms with Crippen molar-refractivity contribution in [1.82, 2.24) is 40.4 Å². The molecule has 1 saturated heterocycles. The number of aromatic amines is 2. The van der Waals surface area contributed by atoms with Gasteiger partial charge >= 0.3 is 12.2 Å². The number of benzene rings is 3. The molecule has 65 heavy (non-hydrogen) atoms. The number of hydrogen-bond acceptors (Lipinski definition) is 11. The highest BCUT2D eigenvalue weighted by Gasteiger charge is 2.55. The fourth-order valence-electron chi connectivity index (χ4n) is 8.54. The lowest BCUT2D eigenvalue weighted by Gasteiger charge is -2.31. The predicted molar refractivity (Wildman–Crippen MR) is 243 cm³/mol. The van der Waals surface area contributed by atoms with Crippen LogP contribution in [0.25, 0.3) is 44.4 Å². The minimum Gasteiger partial charge on any atom is -0.453 e. The molecule has 1 aliphatic heterocycles. The molecule has 4 atom stereocenters. The van der Waals surface area contributed by atoms with E-state index in [-0.39, 0.29) is 48.4 Å². The summed E-state index contributed by atoms with van der Waals surface area (Å²) in [6, 6.07) is 19.8. The van der Waals surface area contributed by atoms with Crippen LogP contribution in [0.3, 0.4) is 0 Å². The summed E-state index contributed by atoms with van der Waals surface area (Å²) >= 11 is 0. The Bertz CT molecular complexity index is 2720. The van der Waals surface area contributed by atoms with Gasteiger partial charge in [0.15, 0.2) is 0 Å². The second kappa shape index (κ2) is 19.2. The average Bonchev–Trinajstić information content (AvgIpc) is 3.63. The molecule has 0 radical (unpaired) electrons. The number of methoxy groups -OCH3 is 2. The fourth-order valence-corrected chi connectivity index (χ4v) is 9.20. The quantitative estimate of drug-likeness (QED) is 0.0815. The number of aromatic nitrogens is 4. The van der Waals surface area contributed by atoms with E-state index in [4.69, 9.17) is 9.72 Å². The summed E-state index contributed by atoms with van der Waals surface area (Å²) in [4.78, 5) is 71.4. The molecular formula is C47H55N9O8S. The van der Waals surface area contributed by atoms with Gasteiger partial charge in [-0.1, -0.05) is 62.4 Å². The Balaban J connectivity index is 1.04. The fraction of sp³-hybridized carbons (Fsp3) is 0.426. The van der Waals surface area contributed by atoms with Gasteiger partial charge in [-0.3, -0.25) is 9.59 Å². The van der Waals surface area contributed by atoms with Gasteiger partial charge in [-0.2, -0.15) is 5.26 Å². The van der Waals surface area contributed by atoms with Crippen LogP contribution in [0, 0.1) is 22.7 Å². The summed E-state index contributed by atoms with van der Waals surface area (Å²) in [7, 11) is -1.01.